The molecule has 0 fully saturated rings. The largest absolute Gasteiger partial charge is 0.314 e. The molecule has 0 bridgehead atoms. The van der Waals surface area contributed by atoms with Gasteiger partial charge in [-0.3, -0.25) is 0 Å². The molecule has 1 N–H and O–H groups in total. The lowest BCUT2D eigenvalue weighted by molar-refractivity contribution is 0.477. The zero-order chi connectivity index (χ0) is 15.4. The first kappa shape index (κ1) is 15.6. The predicted octanol–water partition coefficient (Wildman–Crippen LogP) is 3.06. The lowest BCUT2D eigenvalue weighted by Crippen LogP contribution is -2.29. The van der Waals surface area contributed by atoms with Crippen molar-refractivity contribution < 1.29 is 0 Å². The molecular formula is C17H24N4S. The van der Waals surface area contributed by atoms with E-state index in [2.05, 4.69) is 57.5 Å². The number of hydrogen-bond donors (Lipinski definition) is 1. The van der Waals surface area contributed by atoms with Crippen molar-refractivity contribution in [3.63, 3.8) is 0 Å². The van der Waals surface area contributed by atoms with Crippen LogP contribution in [0.4, 0.5) is 0 Å². The molecule has 0 amide bonds. The molecule has 0 radical (unpaired) electrons. The topological polar surface area (TPSA) is 42.7 Å². The van der Waals surface area contributed by atoms with E-state index in [-0.39, 0.29) is 0 Å². The van der Waals surface area contributed by atoms with Crippen LogP contribution in [-0.4, -0.2) is 27.1 Å². The number of fused-ring (bicyclic) bond motifs is 1. The van der Waals surface area contributed by atoms with Crippen molar-refractivity contribution in [3.05, 3.63) is 41.5 Å². The Morgan fingerprint density at radius 1 is 1.27 bits per heavy atom. The molecule has 2 heterocycles. The van der Waals surface area contributed by atoms with Crippen LogP contribution < -0.4 is 5.32 Å². The molecule has 2 aromatic rings. The Bertz CT molecular complexity index is 623. The van der Waals surface area contributed by atoms with Crippen LogP contribution in [0.2, 0.25) is 0 Å². The van der Waals surface area contributed by atoms with Gasteiger partial charge in [-0.2, -0.15) is 0 Å². The van der Waals surface area contributed by atoms with Crippen molar-refractivity contribution in [3.8, 4) is 0 Å². The van der Waals surface area contributed by atoms with Gasteiger partial charge in [0.25, 0.3) is 0 Å². The van der Waals surface area contributed by atoms with E-state index in [0.717, 1.165) is 37.6 Å². The van der Waals surface area contributed by atoms with E-state index in [1.54, 1.807) is 0 Å². The first-order valence-electron chi connectivity index (χ1n) is 8.04. The first-order valence-corrected chi connectivity index (χ1v) is 9.26. The minimum atomic E-state index is 0.421. The third-order valence-electron chi connectivity index (χ3n) is 4.26. The Morgan fingerprint density at radius 2 is 2.14 bits per heavy atom. The van der Waals surface area contributed by atoms with Gasteiger partial charge < -0.3 is 9.88 Å². The molecule has 0 saturated carbocycles. The van der Waals surface area contributed by atoms with E-state index in [1.807, 2.05) is 11.8 Å². The second kappa shape index (κ2) is 7.29. The molecule has 3 rings (SSSR count). The number of nitrogens with zero attached hydrogens (tertiary/aromatic N) is 3. The van der Waals surface area contributed by atoms with Crippen LogP contribution in [0.3, 0.4) is 0 Å². The summed E-state index contributed by atoms with van der Waals surface area (Å²) in [5, 5.41) is 12.3. The predicted molar refractivity (Wildman–Crippen MR) is 91.2 cm³/mol. The smallest absolute Gasteiger partial charge is 0.147 e. The highest BCUT2D eigenvalue weighted by Crippen LogP contribution is 2.21. The van der Waals surface area contributed by atoms with Crippen LogP contribution >= 0.6 is 11.8 Å². The Balaban J connectivity index is 1.58. The van der Waals surface area contributed by atoms with Gasteiger partial charge in [0, 0.05) is 23.9 Å². The molecule has 1 aromatic carbocycles. The van der Waals surface area contributed by atoms with E-state index in [1.165, 1.54) is 23.3 Å². The minimum absolute atomic E-state index is 0.421. The summed E-state index contributed by atoms with van der Waals surface area (Å²) in [6.07, 6.45) is 6.74. The molecule has 0 saturated heterocycles. The summed E-state index contributed by atoms with van der Waals surface area (Å²) in [4.78, 5) is 1.37. The van der Waals surface area contributed by atoms with Crippen LogP contribution in [-0.2, 0) is 25.9 Å². The molecule has 118 valence electrons. The molecule has 22 heavy (non-hydrogen) atoms. The van der Waals surface area contributed by atoms with Crippen molar-refractivity contribution in [2.75, 3.05) is 6.26 Å². The lowest BCUT2D eigenvalue weighted by Gasteiger charge is -2.18. The summed E-state index contributed by atoms with van der Waals surface area (Å²) in [6.45, 7) is 4.11. The number of thioether (sulfide) groups is 1. The van der Waals surface area contributed by atoms with Crippen molar-refractivity contribution in [2.24, 2.45) is 0 Å². The highest BCUT2D eigenvalue weighted by atomic mass is 32.2. The quantitative estimate of drug-likeness (QED) is 0.832. The van der Waals surface area contributed by atoms with Gasteiger partial charge >= 0.3 is 0 Å². The number of aromatic nitrogens is 3. The third kappa shape index (κ3) is 3.52. The number of hydrogen-bond acceptors (Lipinski definition) is 4. The molecule has 5 heteroatoms. The van der Waals surface area contributed by atoms with Gasteiger partial charge in [-0.05, 0) is 44.1 Å². The monoisotopic (exact) mass is 316 g/mol. The molecule has 1 aliphatic rings. The molecule has 1 unspecified atom stereocenters. The molecule has 4 nitrogen and oxygen atoms in total. The van der Waals surface area contributed by atoms with Crippen LogP contribution in [0.25, 0.3) is 0 Å². The highest BCUT2D eigenvalue weighted by Gasteiger charge is 2.16. The van der Waals surface area contributed by atoms with Crippen molar-refractivity contribution in [1.82, 2.24) is 20.1 Å². The second-order valence-corrected chi connectivity index (χ2v) is 6.79. The Kier molecular flexibility index (Phi) is 5.16. The van der Waals surface area contributed by atoms with Crippen LogP contribution in [0, 0.1) is 0 Å². The van der Waals surface area contributed by atoms with Gasteiger partial charge in [0.15, 0.2) is 0 Å². The number of rotatable bonds is 6. The fourth-order valence-corrected chi connectivity index (χ4v) is 3.67. The molecule has 1 aromatic heterocycles. The number of benzene rings is 1. The molecule has 1 aliphatic heterocycles. The van der Waals surface area contributed by atoms with E-state index < -0.39 is 0 Å². The van der Waals surface area contributed by atoms with Crippen LogP contribution in [0.15, 0.2) is 29.2 Å². The molecular weight excluding hydrogens is 292 g/mol. The normalized spacial score (nSPS) is 15.5. The van der Waals surface area contributed by atoms with Crippen LogP contribution in [0.5, 0.6) is 0 Å². The van der Waals surface area contributed by atoms with Crippen molar-refractivity contribution in [1.29, 1.82) is 0 Å². The van der Waals surface area contributed by atoms with Crippen molar-refractivity contribution >= 4 is 11.8 Å². The van der Waals surface area contributed by atoms with Crippen molar-refractivity contribution in [2.45, 2.75) is 56.6 Å². The van der Waals surface area contributed by atoms with E-state index in [0.29, 0.717) is 6.04 Å². The highest BCUT2D eigenvalue weighted by molar-refractivity contribution is 7.98. The molecule has 0 spiro atoms. The van der Waals surface area contributed by atoms with E-state index in [4.69, 9.17) is 0 Å². The second-order valence-electron chi connectivity index (χ2n) is 5.94. The van der Waals surface area contributed by atoms with E-state index in [9.17, 15) is 0 Å². The van der Waals surface area contributed by atoms with Gasteiger partial charge in [0.05, 0.1) is 6.54 Å². The molecule has 0 aliphatic carbocycles. The maximum Gasteiger partial charge on any atom is 0.147 e. The fraction of sp³-hybridized carbons (Fsp3) is 0.529. The van der Waals surface area contributed by atoms with Gasteiger partial charge in [0.1, 0.15) is 11.6 Å². The average molecular weight is 316 g/mol. The zero-order valence-corrected chi connectivity index (χ0v) is 14.2. The Morgan fingerprint density at radius 3 is 3.00 bits per heavy atom. The SMILES string of the molecule is CSc1ccccc1CC(C)NCc1nnc2n1CCCC2. The van der Waals surface area contributed by atoms with Gasteiger partial charge in [-0.1, -0.05) is 18.2 Å². The average Bonchev–Trinajstić information content (AvgIpc) is 2.97. The Hall–Kier alpha value is -1.33. The third-order valence-corrected chi connectivity index (χ3v) is 5.10. The summed E-state index contributed by atoms with van der Waals surface area (Å²) >= 11 is 1.82. The zero-order valence-electron chi connectivity index (χ0n) is 13.4. The van der Waals surface area contributed by atoms with Gasteiger partial charge in [-0.25, -0.2) is 0 Å². The van der Waals surface area contributed by atoms with Gasteiger partial charge in [-0.15, -0.1) is 22.0 Å². The first-order chi connectivity index (χ1) is 10.8. The standard InChI is InChI=1S/C17H24N4S/c1-13(11-14-7-3-4-8-15(14)22-2)18-12-17-20-19-16-9-5-6-10-21(16)17/h3-4,7-8,13,18H,5-6,9-12H2,1-2H3. The maximum atomic E-state index is 4.36. The minimum Gasteiger partial charge on any atom is -0.314 e. The number of nitrogens with one attached hydrogen (secondary N) is 1. The summed E-state index contributed by atoms with van der Waals surface area (Å²) in [6, 6.07) is 9.07. The summed E-state index contributed by atoms with van der Waals surface area (Å²) in [5.74, 6) is 2.24. The Labute approximate surface area is 136 Å². The summed E-state index contributed by atoms with van der Waals surface area (Å²) in [5.41, 5.74) is 1.42. The lowest BCUT2D eigenvalue weighted by atomic mass is 10.1. The summed E-state index contributed by atoms with van der Waals surface area (Å²) in [7, 11) is 0. The summed E-state index contributed by atoms with van der Waals surface area (Å²) < 4.78 is 2.29. The maximum absolute atomic E-state index is 4.36. The van der Waals surface area contributed by atoms with Crippen LogP contribution in [0.1, 0.15) is 37.0 Å². The number of aryl methyl sites for hydroxylation is 1. The molecule has 1 atom stereocenters. The fourth-order valence-electron chi connectivity index (χ4n) is 3.04. The van der Waals surface area contributed by atoms with E-state index >= 15 is 0 Å². The van der Waals surface area contributed by atoms with Gasteiger partial charge in [0.2, 0.25) is 0 Å².